The van der Waals surface area contributed by atoms with Crippen molar-refractivity contribution in [2.75, 3.05) is 5.73 Å². The second kappa shape index (κ2) is 3.87. The Bertz CT molecular complexity index is 490. The molecule has 0 bridgehead atoms. The van der Waals surface area contributed by atoms with Crippen molar-refractivity contribution in [1.29, 1.82) is 0 Å². The Labute approximate surface area is 101 Å². The lowest BCUT2D eigenvalue weighted by Crippen LogP contribution is -1.96. The van der Waals surface area contributed by atoms with E-state index in [1.54, 1.807) is 4.57 Å². The Balaban J connectivity index is 2.54. The summed E-state index contributed by atoms with van der Waals surface area (Å²) in [6, 6.07) is 7.48. The molecule has 15 heavy (non-hydrogen) atoms. The predicted octanol–water partition coefficient (Wildman–Crippen LogP) is 3.09. The predicted molar refractivity (Wildman–Crippen MR) is 65.8 cm³/mol. The Morgan fingerprint density at radius 1 is 1.33 bits per heavy atom. The first-order valence-corrected chi connectivity index (χ1v) is 5.50. The van der Waals surface area contributed by atoms with Gasteiger partial charge < -0.3 is 10.3 Å². The summed E-state index contributed by atoms with van der Waals surface area (Å²) in [4.78, 5) is 4.26. The van der Waals surface area contributed by atoms with E-state index >= 15 is 0 Å². The van der Waals surface area contributed by atoms with E-state index in [0.29, 0.717) is 11.0 Å². The first-order valence-electron chi connectivity index (χ1n) is 4.33. The highest BCUT2D eigenvalue weighted by Gasteiger charge is 2.11. The lowest BCUT2D eigenvalue weighted by atomic mass is 10.2. The molecule has 0 saturated heterocycles. The second-order valence-corrected chi connectivity index (χ2v) is 4.36. The maximum atomic E-state index is 5.81. The van der Waals surface area contributed by atoms with Crippen molar-refractivity contribution in [2.45, 2.75) is 0 Å². The van der Waals surface area contributed by atoms with E-state index in [-0.39, 0.29) is 0 Å². The van der Waals surface area contributed by atoms with Crippen molar-refractivity contribution in [3.63, 3.8) is 0 Å². The van der Waals surface area contributed by atoms with Crippen molar-refractivity contribution in [2.24, 2.45) is 7.05 Å². The third-order valence-corrected chi connectivity index (χ3v) is 3.34. The minimum Gasteiger partial charge on any atom is -0.369 e. The van der Waals surface area contributed by atoms with Gasteiger partial charge in [-0.2, -0.15) is 0 Å². The molecule has 1 aromatic carbocycles. The molecule has 0 atom stereocenters. The largest absolute Gasteiger partial charge is 0.369 e. The van der Waals surface area contributed by atoms with Gasteiger partial charge in [-0.1, -0.05) is 23.7 Å². The van der Waals surface area contributed by atoms with E-state index in [4.69, 9.17) is 17.3 Å². The third-order valence-electron chi connectivity index (χ3n) is 2.18. The molecule has 3 nitrogen and oxygen atoms in total. The Morgan fingerprint density at radius 3 is 2.40 bits per heavy atom. The summed E-state index contributed by atoms with van der Waals surface area (Å²) in [5.74, 6) is 0.479. The highest BCUT2D eigenvalue weighted by Crippen LogP contribution is 2.29. The summed E-state index contributed by atoms with van der Waals surface area (Å²) in [6.45, 7) is 0. The molecule has 0 radical (unpaired) electrons. The fraction of sp³-hybridized carbons (Fsp3) is 0.100. The van der Waals surface area contributed by atoms with Crippen LogP contribution >= 0.6 is 27.5 Å². The first-order chi connectivity index (χ1) is 7.09. The van der Waals surface area contributed by atoms with Gasteiger partial charge in [0.25, 0.3) is 0 Å². The lowest BCUT2D eigenvalue weighted by Gasteiger charge is -1.98. The fourth-order valence-corrected chi connectivity index (χ4v) is 1.91. The van der Waals surface area contributed by atoms with E-state index < -0.39 is 0 Å². The van der Waals surface area contributed by atoms with Crippen LogP contribution in [0.3, 0.4) is 0 Å². The summed E-state index contributed by atoms with van der Waals surface area (Å²) < 4.78 is 2.64. The van der Waals surface area contributed by atoms with Crippen LogP contribution < -0.4 is 5.73 Å². The Hall–Kier alpha value is -1.000. The molecule has 1 aromatic heterocycles. The molecule has 0 amide bonds. The smallest absolute Gasteiger partial charge is 0.201 e. The average Bonchev–Trinajstić information content (AvgIpc) is 2.47. The van der Waals surface area contributed by atoms with Crippen LogP contribution in [0, 0.1) is 0 Å². The van der Waals surface area contributed by atoms with E-state index in [9.17, 15) is 0 Å². The molecule has 78 valence electrons. The van der Waals surface area contributed by atoms with Crippen molar-refractivity contribution >= 4 is 33.5 Å². The molecular weight excluding hydrogens is 277 g/mol. The van der Waals surface area contributed by atoms with Crippen molar-refractivity contribution < 1.29 is 0 Å². The number of anilines is 1. The van der Waals surface area contributed by atoms with Crippen LogP contribution in [0.4, 0.5) is 5.95 Å². The highest BCUT2D eigenvalue weighted by atomic mass is 79.9. The molecular formula is C10H9BrClN3. The molecule has 0 unspecified atom stereocenters. The van der Waals surface area contributed by atoms with Gasteiger partial charge in [0.15, 0.2) is 0 Å². The number of nitrogens with zero attached hydrogens (tertiary/aromatic N) is 2. The van der Waals surface area contributed by atoms with Crippen LogP contribution in [-0.2, 0) is 7.05 Å². The number of halogens is 2. The highest BCUT2D eigenvalue weighted by molar-refractivity contribution is 9.10. The Kier molecular flexibility index (Phi) is 2.71. The average molecular weight is 287 g/mol. The van der Waals surface area contributed by atoms with Gasteiger partial charge >= 0.3 is 0 Å². The number of hydrogen-bond acceptors (Lipinski definition) is 2. The van der Waals surface area contributed by atoms with Gasteiger partial charge in [0.05, 0.1) is 0 Å². The van der Waals surface area contributed by atoms with E-state index in [2.05, 4.69) is 20.9 Å². The van der Waals surface area contributed by atoms with Crippen LogP contribution in [0.5, 0.6) is 0 Å². The number of benzene rings is 1. The zero-order chi connectivity index (χ0) is 11.0. The summed E-state index contributed by atoms with van der Waals surface area (Å²) >= 11 is 9.26. The molecule has 0 aliphatic rings. The Morgan fingerprint density at radius 2 is 1.93 bits per heavy atom. The summed E-state index contributed by atoms with van der Waals surface area (Å²) in [5.41, 5.74) is 7.51. The summed E-state index contributed by atoms with van der Waals surface area (Å²) in [7, 11) is 1.85. The van der Waals surface area contributed by atoms with Gasteiger partial charge in [-0.25, -0.2) is 4.98 Å². The standard InChI is InChI=1S/C10H9BrClN3/c1-15-9(11)8(14-10(15)13)6-2-4-7(12)5-3-6/h2-5H,1H3,(H2,13,14). The molecule has 0 fully saturated rings. The quantitative estimate of drug-likeness (QED) is 0.875. The molecule has 2 aromatic rings. The minimum absolute atomic E-state index is 0.479. The number of aromatic nitrogens is 2. The molecule has 0 saturated carbocycles. The summed E-state index contributed by atoms with van der Waals surface area (Å²) in [5, 5.41) is 0.707. The first kappa shape index (κ1) is 10.5. The van der Waals surface area contributed by atoms with Crippen LogP contribution in [0.2, 0.25) is 5.02 Å². The van der Waals surface area contributed by atoms with Crippen LogP contribution in [0.1, 0.15) is 0 Å². The van der Waals surface area contributed by atoms with Gasteiger partial charge in [0.1, 0.15) is 10.3 Å². The molecule has 2 rings (SSSR count). The molecule has 1 heterocycles. The lowest BCUT2D eigenvalue weighted by molar-refractivity contribution is 0.907. The van der Waals surface area contributed by atoms with Gasteiger partial charge in [0.2, 0.25) is 5.95 Å². The van der Waals surface area contributed by atoms with Gasteiger partial charge in [-0.15, -0.1) is 0 Å². The number of imidazole rings is 1. The van der Waals surface area contributed by atoms with Crippen LogP contribution in [0.25, 0.3) is 11.3 Å². The van der Waals surface area contributed by atoms with Crippen LogP contribution in [0.15, 0.2) is 28.9 Å². The molecule has 0 aliphatic heterocycles. The van der Waals surface area contributed by atoms with E-state index in [1.807, 2.05) is 31.3 Å². The maximum Gasteiger partial charge on any atom is 0.201 e. The molecule has 0 spiro atoms. The monoisotopic (exact) mass is 285 g/mol. The normalized spacial score (nSPS) is 10.6. The SMILES string of the molecule is Cn1c(N)nc(-c2ccc(Cl)cc2)c1Br. The van der Waals surface area contributed by atoms with Gasteiger partial charge in [-0.3, -0.25) is 0 Å². The number of hydrogen-bond donors (Lipinski definition) is 1. The zero-order valence-electron chi connectivity index (χ0n) is 8.04. The fourth-order valence-electron chi connectivity index (χ4n) is 1.29. The third kappa shape index (κ3) is 1.87. The van der Waals surface area contributed by atoms with E-state index in [0.717, 1.165) is 15.9 Å². The molecule has 2 N–H and O–H groups in total. The summed E-state index contributed by atoms with van der Waals surface area (Å²) in [6.07, 6.45) is 0. The number of nitrogens with two attached hydrogens (primary N) is 1. The zero-order valence-corrected chi connectivity index (χ0v) is 10.4. The van der Waals surface area contributed by atoms with Gasteiger partial charge in [-0.05, 0) is 28.1 Å². The van der Waals surface area contributed by atoms with E-state index in [1.165, 1.54) is 0 Å². The maximum absolute atomic E-state index is 5.81. The number of nitrogen functional groups attached to an aromatic ring is 1. The molecule has 0 aliphatic carbocycles. The van der Waals surface area contributed by atoms with Gasteiger partial charge in [0, 0.05) is 17.6 Å². The van der Waals surface area contributed by atoms with Crippen molar-refractivity contribution in [3.05, 3.63) is 33.9 Å². The molecule has 5 heteroatoms. The number of rotatable bonds is 1. The minimum atomic E-state index is 0.479. The second-order valence-electron chi connectivity index (χ2n) is 3.18. The van der Waals surface area contributed by atoms with Crippen molar-refractivity contribution in [1.82, 2.24) is 9.55 Å². The topological polar surface area (TPSA) is 43.8 Å². The van der Waals surface area contributed by atoms with Crippen molar-refractivity contribution in [3.8, 4) is 11.3 Å². The van der Waals surface area contributed by atoms with Crippen LogP contribution in [-0.4, -0.2) is 9.55 Å².